The minimum absolute atomic E-state index is 0. The Morgan fingerprint density at radius 3 is 2.80 bits per heavy atom. The zero-order valence-corrected chi connectivity index (χ0v) is 10.2. The number of rotatable bonds is 1. The van der Waals surface area contributed by atoms with Gasteiger partial charge < -0.3 is 9.84 Å². The summed E-state index contributed by atoms with van der Waals surface area (Å²) in [6, 6.07) is 3.34. The van der Waals surface area contributed by atoms with Crippen molar-refractivity contribution in [2.75, 3.05) is 7.11 Å². The van der Waals surface area contributed by atoms with E-state index in [-0.39, 0.29) is 18.4 Å². The molecule has 1 N–H and O–H groups in total. The predicted octanol–water partition coefficient (Wildman–Crippen LogP) is 2.53. The molecule has 0 bridgehead atoms. The highest BCUT2D eigenvalue weighted by molar-refractivity contribution is 9.10. The van der Waals surface area contributed by atoms with Crippen LogP contribution >= 0.6 is 28.3 Å². The van der Waals surface area contributed by atoms with E-state index in [4.69, 9.17) is 9.84 Å². The highest BCUT2D eigenvalue weighted by Gasteiger charge is 2.04. The molecule has 0 radical (unpaired) electrons. The Hall–Kier alpha value is -1.07. The number of fused-ring (bicyclic) bond motifs is 1. The maximum atomic E-state index is 9.09. The molecule has 0 spiro atoms. The Morgan fingerprint density at radius 1 is 1.40 bits per heavy atom. The summed E-state index contributed by atoms with van der Waals surface area (Å²) in [5.74, 6) is 0.676. The minimum atomic E-state index is -0.234. The molecule has 1 aromatic carbocycles. The lowest BCUT2D eigenvalue weighted by Gasteiger charge is -2.04. The summed E-state index contributed by atoms with van der Waals surface area (Å²) >= 11 is 3.35. The largest absolute Gasteiger partial charge is 0.495 e. The first-order chi connectivity index (χ1) is 6.70. The maximum Gasteiger partial charge on any atom is 0.314 e. The molecule has 0 amide bonds. The molecular weight excluding hydrogens is 283 g/mol. The topological polar surface area (TPSA) is 55.2 Å². The number of hydrogen-bond acceptors (Lipinski definition) is 4. The molecule has 4 nitrogen and oxygen atoms in total. The van der Waals surface area contributed by atoms with Gasteiger partial charge in [-0.15, -0.1) is 12.4 Å². The van der Waals surface area contributed by atoms with Crippen LogP contribution in [0.5, 0.6) is 11.8 Å². The van der Waals surface area contributed by atoms with Gasteiger partial charge in [0.15, 0.2) is 0 Å². The van der Waals surface area contributed by atoms with E-state index < -0.39 is 0 Å². The molecular formula is C9H8BrClN2O2. The third-order valence-corrected chi connectivity index (χ3v) is 2.46. The molecule has 0 saturated carbocycles. The van der Waals surface area contributed by atoms with E-state index in [1.165, 1.54) is 0 Å². The highest BCUT2D eigenvalue weighted by atomic mass is 79.9. The van der Waals surface area contributed by atoms with E-state index in [2.05, 4.69) is 25.9 Å². The van der Waals surface area contributed by atoms with Crippen molar-refractivity contribution in [1.82, 2.24) is 9.97 Å². The Morgan fingerprint density at radius 2 is 2.13 bits per heavy atom. The van der Waals surface area contributed by atoms with Crippen LogP contribution in [0.1, 0.15) is 0 Å². The number of aromatic nitrogens is 2. The molecule has 0 aliphatic rings. The van der Waals surface area contributed by atoms with Gasteiger partial charge in [0, 0.05) is 17.6 Å². The molecule has 1 aromatic heterocycles. The van der Waals surface area contributed by atoms with Crippen molar-refractivity contribution < 1.29 is 9.84 Å². The SMILES string of the molecule is COc1cc2nc(O)ncc2cc1Br.Cl. The van der Waals surface area contributed by atoms with Crippen LogP contribution in [-0.4, -0.2) is 22.2 Å². The summed E-state index contributed by atoms with van der Waals surface area (Å²) < 4.78 is 5.94. The summed E-state index contributed by atoms with van der Waals surface area (Å²) in [6.45, 7) is 0. The predicted molar refractivity (Wildman–Crippen MR) is 62.7 cm³/mol. The number of nitrogens with zero attached hydrogens (tertiary/aromatic N) is 2. The van der Waals surface area contributed by atoms with E-state index in [1.54, 1.807) is 19.4 Å². The lowest BCUT2D eigenvalue weighted by Crippen LogP contribution is -1.88. The number of aromatic hydroxyl groups is 1. The minimum Gasteiger partial charge on any atom is -0.495 e. The van der Waals surface area contributed by atoms with E-state index in [1.807, 2.05) is 6.07 Å². The van der Waals surface area contributed by atoms with Gasteiger partial charge in [-0.25, -0.2) is 4.98 Å². The molecule has 2 aromatic rings. The fourth-order valence-electron chi connectivity index (χ4n) is 1.18. The summed E-state index contributed by atoms with van der Waals surface area (Å²) in [7, 11) is 1.58. The van der Waals surface area contributed by atoms with E-state index in [0.717, 1.165) is 9.86 Å². The van der Waals surface area contributed by atoms with Gasteiger partial charge in [-0.1, -0.05) is 0 Å². The van der Waals surface area contributed by atoms with Crippen molar-refractivity contribution in [1.29, 1.82) is 0 Å². The first-order valence-corrected chi connectivity index (χ1v) is 4.69. The van der Waals surface area contributed by atoms with Crippen LogP contribution in [0.2, 0.25) is 0 Å². The highest BCUT2D eigenvalue weighted by Crippen LogP contribution is 2.29. The monoisotopic (exact) mass is 290 g/mol. The van der Waals surface area contributed by atoms with Crippen molar-refractivity contribution >= 4 is 39.2 Å². The number of halogens is 2. The first kappa shape index (κ1) is 12.0. The summed E-state index contributed by atoms with van der Waals surface area (Å²) in [5.41, 5.74) is 0.651. The Kier molecular flexibility index (Phi) is 3.71. The van der Waals surface area contributed by atoms with Gasteiger partial charge >= 0.3 is 6.01 Å². The Bertz CT molecular complexity index is 493. The normalized spacial score (nSPS) is 9.73. The van der Waals surface area contributed by atoms with Crippen molar-refractivity contribution in [3.8, 4) is 11.8 Å². The molecule has 0 fully saturated rings. The van der Waals surface area contributed by atoms with Crippen LogP contribution in [0.3, 0.4) is 0 Å². The van der Waals surface area contributed by atoms with Crippen LogP contribution in [0, 0.1) is 0 Å². The Labute approximate surface area is 101 Å². The molecule has 0 aliphatic carbocycles. The molecule has 0 aliphatic heterocycles. The van der Waals surface area contributed by atoms with Crippen LogP contribution in [0.25, 0.3) is 10.9 Å². The van der Waals surface area contributed by atoms with Crippen LogP contribution in [0.4, 0.5) is 0 Å². The fraction of sp³-hybridized carbons (Fsp3) is 0.111. The van der Waals surface area contributed by atoms with E-state index in [0.29, 0.717) is 11.3 Å². The van der Waals surface area contributed by atoms with Crippen LogP contribution < -0.4 is 4.74 Å². The third kappa shape index (κ3) is 2.30. The number of benzene rings is 1. The van der Waals surface area contributed by atoms with Crippen molar-refractivity contribution in [2.45, 2.75) is 0 Å². The standard InChI is InChI=1S/C9H7BrN2O2.ClH/c1-14-8-3-7-5(2-6(8)10)4-11-9(13)12-7;/h2-4H,1H3,(H,11,12,13);1H. The number of hydrogen-bond donors (Lipinski definition) is 1. The second-order valence-electron chi connectivity index (χ2n) is 2.72. The third-order valence-electron chi connectivity index (χ3n) is 1.84. The molecule has 0 atom stereocenters. The van der Waals surface area contributed by atoms with Gasteiger partial charge in [0.1, 0.15) is 5.75 Å². The average Bonchev–Trinajstić information content (AvgIpc) is 2.17. The van der Waals surface area contributed by atoms with Gasteiger partial charge in [-0.2, -0.15) is 4.98 Å². The van der Waals surface area contributed by atoms with E-state index in [9.17, 15) is 0 Å². The fourth-order valence-corrected chi connectivity index (χ4v) is 1.70. The maximum absolute atomic E-state index is 9.09. The second-order valence-corrected chi connectivity index (χ2v) is 3.57. The molecule has 80 valence electrons. The quantitative estimate of drug-likeness (QED) is 0.877. The zero-order chi connectivity index (χ0) is 10.1. The van der Waals surface area contributed by atoms with Gasteiger partial charge in [0.2, 0.25) is 0 Å². The number of ether oxygens (including phenoxy) is 1. The smallest absolute Gasteiger partial charge is 0.314 e. The lowest BCUT2D eigenvalue weighted by atomic mass is 10.2. The van der Waals surface area contributed by atoms with Crippen molar-refractivity contribution in [2.24, 2.45) is 0 Å². The zero-order valence-electron chi connectivity index (χ0n) is 7.77. The number of methoxy groups -OCH3 is 1. The average molecular weight is 292 g/mol. The van der Waals surface area contributed by atoms with Crippen LogP contribution in [-0.2, 0) is 0 Å². The van der Waals surface area contributed by atoms with E-state index >= 15 is 0 Å². The first-order valence-electron chi connectivity index (χ1n) is 3.90. The summed E-state index contributed by atoms with van der Waals surface area (Å²) in [5, 5.41) is 9.93. The molecule has 6 heteroatoms. The van der Waals surface area contributed by atoms with Gasteiger partial charge in [0.05, 0.1) is 17.1 Å². The van der Waals surface area contributed by atoms with Crippen molar-refractivity contribution in [3.63, 3.8) is 0 Å². The second kappa shape index (κ2) is 4.63. The lowest BCUT2D eigenvalue weighted by molar-refractivity contribution is 0.412. The molecule has 1 heterocycles. The van der Waals surface area contributed by atoms with Crippen LogP contribution in [0.15, 0.2) is 22.8 Å². The van der Waals surface area contributed by atoms with Gasteiger partial charge in [0.25, 0.3) is 0 Å². The van der Waals surface area contributed by atoms with Gasteiger partial charge in [-0.3, -0.25) is 0 Å². The Balaban J connectivity index is 0.00000112. The summed E-state index contributed by atoms with van der Waals surface area (Å²) in [4.78, 5) is 7.56. The van der Waals surface area contributed by atoms with Gasteiger partial charge in [-0.05, 0) is 22.0 Å². The molecule has 0 unspecified atom stereocenters. The summed E-state index contributed by atoms with van der Waals surface area (Å²) in [6.07, 6.45) is 1.56. The molecule has 2 rings (SSSR count). The molecule has 0 saturated heterocycles. The molecule has 15 heavy (non-hydrogen) atoms. The van der Waals surface area contributed by atoms with Crippen molar-refractivity contribution in [3.05, 3.63) is 22.8 Å².